The summed E-state index contributed by atoms with van der Waals surface area (Å²) < 4.78 is 4.86. The van der Waals surface area contributed by atoms with Gasteiger partial charge in [-0.1, -0.05) is 20.4 Å². The van der Waals surface area contributed by atoms with Gasteiger partial charge in [0.25, 0.3) is 0 Å². The first-order chi connectivity index (χ1) is 6.34. The fourth-order valence-electron chi connectivity index (χ4n) is 1.03. The highest BCUT2D eigenvalue weighted by Gasteiger charge is 2.22. The lowest BCUT2D eigenvalue weighted by molar-refractivity contribution is -0.146. The maximum atomic E-state index is 10.7. The summed E-state index contributed by atoms with van der Waals surface area (Å²) in [6.07, 6.45) is -0.241. The van der Waals surface area contributed by atoms with Crippen LogP contribution in [0.1, 0.15) is 27.2 Å². The van der Waals surface area contributed by atoms with Crippen molar-refractivity contribution < 1.29 is 19.4 Å². The molecule has 4 nitrogen and oxygen atoms in total. The molecule has 80 valence electrons. The van der Waals surface area contributed by atoms with Crippen LogP contribution in [0.25, 0.3) is 0 Å². The normalized spacial score (nSPS) is 12.3. The molecule has 0 saturated carbocycles. The van der Waals surface area contributed by atoms with Crippen LogP contribution < -0.4 is 0 Å². The molecule has 4 heteroatoms. The fraction of sp³-hybridized carbons (Fsp3) is 0.600. The van der Waals surface area contributed by atoms with E-state index < -0.39 is 18.0 Å². The highest BCUT2D eigenvalue weighted by molar-refractivity contribution is 5.87. The molecule has 0 rings (SSSR count). The lowest BCUT2D eigenvalue weighted by atomic mass is 10.0. The van der Waals surface area contributed by atoms with Gasteiger partial charge in [-0.3, -0.25) is 4.79 Å². The molecule has 1 unspecified atom stereocenters. The first-order valence-electron chi connectivity index (χ1n) is 4.44. The Morgan fingerprint density at radius 3 is 2.21 bits per heavy atom. The molecule has 0 aliphatic rings. The SMILES string of the molecule is C=C(C(=O)O)C(CC(C)C)OC(C)=O. The number of esters is 1. The van der Waals surface area contributed by atoms with Crippen LogP contribution in [-0.2, 0) is 14.3 Å². The van der Waals surface area contributed by atoms with Crippen LogP contribution in [0.2, 0.25) is 0 Å². The second kappa shape index (κ2) is 5.42. The van der Waals surface area contributed by atoms with Crippen molar-refractivity contribution in [3.8, 4) is 0 Å². The molecule has 0 saturated heterocycles. The average Bonchev–Trinajstić information content (AvgIpc) is 1.99. The van der Waals surface area contributed by atoms with Gasteiger partial charge in [0, 0.05) is 6.92 Å². The van der Waals surface area contributed by atoms with Gasteiger partial charge in [-0.25, -0.2) is 4.79 Å². The van der Waals surface area contributed by atoms with Gasteiger partial charge in [0.05, 0.1) is 5.57 Å². The molecule has 0 bridgehead atoms. The number of hydrogen-bond acceptors (Lipinski definition) is 3. The molecule has 0 aromatic heterocycles. The molecule has 0 radical (unpaired) electrons. The third-order valence-electron chi connectivity index (χ3n) is 1.66. The van der Waals surface area contributed by atoms with Crippen LogP contribution in [0.15, 0.2) is 12.2 Å². The van der Waals surface area contributed by atoms with E-state index in [0.29, 0.717) is 6.42 Å². The second-order valence-corrected chi connectivity index (χ2v) is 3.56. The van der Waals surface area contributed by atoms with Crippen LogP contribution in [-0.4, -0.2) is 23.1 Å². The average molecular weight is 200 g/mol. The fourth-order valence-corrected chi connectivity index (χ4v) is 1.03. The minimum atomic E-state index is -1.13. The van der Waals surface area contributed by atoms with Crippen molar-refractivity contribution in [2.45, 2.75) is 33.3 Å². The van der Waals surface area contributed by atoms with Crippen LogP contribution >= 0.6 is 0 Å². The first-order valence-corrected chi connectivity index (χ1v) is 4.44. The van der Waals surface area contributed by atoms with E-state index in [4.69, 9.17) is 9.84 Å². The van der Waals surface area contributed by atoms with Crippen molar-refractivity contribution in [1.29, 1.82) is 0 Å². The molecule has 0 aromatic carbocycles. The van der Waals surface area contributed by atoms with E-state index in [1.165, 1.54) is 6.92 Å². The number of carboxylic acid groups (broad SMARTS) is 1. The highest BCUT2D eigenvalue weighted by Crippen LogP contribution is 2.15. The van der Waals surface area contributed by atoms with Gasteiger partial charge in [-0.2, -0.15) is 0 Å². The van der Waals surface area contributed by atoms with Crippen LogP contribution in [0.3, 0.4) is 0 Å². The molecule has 0 heterocycles. The van der Waals surface area contributed by atoms with Crippen LogP contribution in [0.5, 0.6) is 0 Å². The maximum Gasteiger partial charge on any atom is 0.334 e. The smallest absolute Gasteiger partial charge is 0.334 e. The Bertz CT molecular complexity index is 243. The monoisotopic (exact) mass is 200 g/mol. The summed E-state index contributed by atoms with van der Waals surface area (Å²) in [5.41, 5.74) is -0.0751. The third kappa shape index (κ3) is 4.64. The number of carbonyl (C=O) groups excluding carboxylic acids is 1. The largest absolute Gasteiger partial charge is 0.478 e. The predicted molar refractivity (Wildman–Crippen MR) is 51.8 cm³/mol. The van der Waals surface area contributed by atoms with Gasteiger partial charge in [0.2, 0.25) is 0 Å². The number of aliphatic carboxylic acids is 1. The Morgan fingerprint density at radius 2 is 1.93 bits per heavy atom. The number of hydrogen-bond donors (Lipinski definition) is 1. The lowest BCUT2D eigenvalue weighted by Gasteiger charge is -2.18. The summed E-state index contributed by atoms with van der Waals surface area (Å²) in [5.74, 6) is -1.37. The molecule has 0 aromatic rings. The molecule has 0 fully saturated rings. The molecular weight excluding hydrogens is 184 g/mol. The van der Waals surface area contributed by atoms with Gasteiger partial charge in [0.15, 0.2) is 0 Å². The minimum absolute atomic E-state index is 0.0751. The molecule has 0 aliphatic carbocycles. The number of carboxylic acids is 1. The summed E-state index contributed by atoms with van der Waals surface area (Å²) in [4.78, 5) is 21.3. The van der Waals surface area contributed by atoms with E-state index in [9.17, 15) is 9.59 Å². The van der Waals surface area contributed by atoms with Gasteiger partial charge in [-0.15, -0.1) is 0 Å². The summed E-state index contributed by atoms with van der Waals surface area (Å²) in [5, 5.41) is 8.69. The van der Waals surface area contributed by atoms with Crippen molar-refractivity contribution in [2.75, 3.05) is 0 Å². The quantitative estimate of drug-likeness (QED) is 0.541. The molecule has 1 N–H and O–H groups in total. The van der Waals surface area contributed by atoms with Crippen molar-refractivity contribution in [3.05, 3.63) is 12.2 Å². The number of carbonyl (C=O) groups is 2. The summed E-state index contributed by atoms with van der Waals surface area (Å²) >= 11 is 0. The molecule has 14 heavy (non-hydrogen) atoms. The molecule has 1 atom stereocenters. The van der Waals surface area contributed by atoms with E-state index in [1.807, 2.05) is 13.8 Å². The Kier molecular flexibility index (Phi) is 4.91. The Balaban J connectivity index is 4.46. The Morgan fingerprint density at radius 1 is 1.43 bits per heavy atom. The number of rotatable bonds is 5. The van der Waals surface area contributed by atoms with E-state index in [2.05, 4.69) is 6.58 Å². The van der Waals surface area contributed by atoms with Crippen molar-refractivity contribution in [2.24, 2.45) is 5.92 Å². The zero-order valence-corrected chi connectivity index (χ0v) is 8.74. The molecule has 0 spiro atoms. The Hall–Kier alpha value is -1.32. The first kappa shape index (κ1) is 12.7. The highest BCUT2D eigenvalue weighted by atomic mass is 16.5. The van der Waals surface area contributed by atoms with Gasteiger partial charge >= 0.3 is 11.9 Å². The summed E-state index contributed by atoms with van der Waals surface area (Å²) in [6.45, 7) is 8.48. The maximum absolute atomic E-state index is 10.7. The Labute approximate surface area is 83.6 Å². The zero-order valence-electron chi connectivity index (χ0n) is 8.74. The molecule has 0 amide bonds. The van der Waals surface area contributed by atoms with E-state index >= 15 is 0 Å². The number of ether oxygens (including phenoxy) is 1. The topological polar surface area (TPSA) is 63.6 Å². The molecule has 0 aliphatic heterocycles. The van der Waals surface area contributed by atoms with Crippen molar-refractivity contribution in [1.82, 2.24) is 0 Å². The van der Waals surface area contributed by atoms with Crippen molar-refractivity contribution in [3.63, 3.8) is 0 Å². The van der Waals surface area contributed by atoms with E-state index in [1.54, 1.807) is 0 Å². The third-order valence-corrected chi connectivity index (χ3v) is 1.66. The van der Waals surface area contributed by atoms with Gasteiger partial charge in [-0.05, 0) is 12.3 Å². The summed E-state index contributed by atoms with van der Waals surface area (Å²) in [7, 11) is 0. The second-order valence-electron chi connectivity index (χ2n) is 3.56. The minimum Gasteiger partial charge on any atom is -0.478 e. The zero-order chi connectivity index (χ0) is 11.3. The van der Waals surface area contributed by atoms with Gasteiger partial charge in [0.1, 0.15) is 6.10 Å². The summed E-state index contributed by atoms with van der Waals surface area (Å²) in [6, 6.07) is 0. The van der Waals surface area contributed by atoms with Crippen LogP contribution in [0, 0.1) is 5.92 Å². The standard InChI is InChI=1S/C10H16O4/c1-6(2)5-9(14-8(4)11)7(3)10(12)13/h6,9H,3,5H2,1-2,4H3,(H,12,13). The van der Waals surface area contributed by atoms with E-state index in [-0.39, 0.29) is 11.5 Å². The predicted octanol–water partition coefficient (Wildman–Crippen LogP) is 1.60. The van der Waals surface area contributed by atoms with Crippen molar-refractivity contribution >= 4 is 11.9 Å². The van der Waals surface area contributed by atoms with Crippen LogP contribution in [0.4, 0.5) is 0 Å². The van der Waals surface area contributed by atoms with Gasteiger partial charge < -0.3 is 9.84 Å². The lowest BCUT2D eigenvalue weighted by Crippen LogP contribution is -2.24. The molecular formula is C10H16O4. The van der Waals surface area contributed by atoms with E-state index in [0.717, 1.165) is 0 Å².